The van der Waals surface area contributed by atoms with Crippen molar-refractivity contribution in [2.24, 2.45) is 0 Å². The smallest absolute Gasteiger partial charge is 0.230 e. The molecule has 0 saturated carbocycles. The van der Waals surface area contributed by atoms with Gasteiger partial charge in [-0.1, -0.05) is 18.7 Å². The number of rotatable bonds is 6. The van der Waals surface area contributed by atoms with Gasteiger partial charge in [-0.15, -0.1) is 11.3 Å². The van der Waals surface area contributed by atoms with Crippen LogP contribution in [0, 0.1) is 13.8 Å². The van der Waals surface area contributed by atoms with Crippen LogP contribution in [-0.4, -0.2) is 26.6 Å². The van der Waals surface area contributed by atoms with Crippen LogP contribution in [0.4, 0.5) is 0 Å². The summed E-state index contributed by atoms with van der Waals surface area (Å²) in [6, 6.07) is 1.84. The topological polar surface area (TPSA) is 67.8 Å². The first-order valence-electron chi connectivity index (χ1n) is 6.72. The highest BCUT2D eigenvalue weighted by atomic mass is 32.2. The first-order chi connectivity index (χ1) is 10.1. The molecule has 0 unspecified atom stereocenters. The number of nitrogens with one attached hydrogen (secondary N) is 1. The van der Waals surface area contributed by atoms with Crippen molar-refractivity contribution in [3.63, 3.8) is 0 Å². The van der Waals surface area contributed by atoms with Crippen LogP contribution in [0.25, 0.3) is 0 Å². The highest BCUT2D eigenvalue weighted by molar-refractivity contribution is 7.99. The second-order valence-corrected chi connectivity index (χ2v) is 6.73. The Bertz CT molecular complexity index is 627. The van der Waals surface area contributed by atoms with Gasteiger partial charge in [0, 0.05) is 16.8 Å². The molecule has 0 bridgehead atoms. The molecule has 0 aromatic carbocycles. The lowest BCUT2D eigenvalue weighted by Gasteiger charge is -2.04. The predicted molar refractivity (Wildman–Crippen MR) is 85.6 cm³/mol. The van der Waals surface area contributed by atoms with Crippen LogP contribution >= 0.6 is 23.1 Å². The Morgan fingerprint density at radius 1 is 1.38 bits per heavy atom. The van der Waals surface area contributed by atoms with Crippen molar-refractivity contribution in [1.82, 2.24) is 20.3 Å². The molecule has 2 heterocycles. The van der Waals surface area contributed by atoms with Crippen molar-refractivity contribution in [1.29, 1.82) is 0 Å². The normalized spacial score (nSPS) is 10.6. The number of thioether (sulfide) groups is 1. The first kappa shape index (κ1) is 15.9. The van der Waals surface area contributed by atoms with Crippen molar-refractivity contribution in [3.05, 3.63) is 33.5 Å². The number of carbonyl (C=O) groups excluding carboxylic acids is 1. The standard InChI is InChI=1S/C14H18N4OS2/c1-4-11-12(21-10(3)18-11)7-16-13(19)8-20-14-15-6-5-9(2)17-14/h5-6H,4,7-8H2,1-3H3,(H,16,19). The van der Waals surface area contributed by atoms with E-state index >= 15 is 0 Å². The molecule has 7 heteroatoms. The minimum Gasteiger partial charge on any atom is -0.350 e. The van der Waals surface area contributed by atoms with Gasteiger partial charge in [0.15, 0.2) is 5.16 Å². The molecule has 5 nitrogen and oxygen atoms in total. The van der Waals surface area contributed by atoms with Gasteiger partial charge in [-0.05, 0) is 26.3 Å². The van der Waals surface area contributed by atoms with Gasteiger partial charge < -0.3 is 5.32 Å². The van der Waals surface area contributed by atoms with Crippen LogP contribution < -0.4 is 5.32 Å². The minimum atomic E-state index is -0.0155. The number of hydrogen-bond acceptors (Lipinski definition) is 6. The Morgan fingerprint density at radius 3 is 2.90 bits per heavy atom. The van der Waals surface area contributed by atoms with Gasteiger partial charge in [0.1, 0.15) is 0 Å². The molecule has 0 spiro atoms. The van der Waals surface area contributed by atoms with E-state index in [0.717, 1.165) is 27.7 Å². The summed E-state index contributed by atoms with van der Waals surface area (Å²) >= 11 is 2.99. The molecule has 0 atom stereocenters. The van der Waals surface area contributed by atoms with E-state index in [4.69, 9.17) is 0 Å². The van der Waals surface area contributed by atoms with E-state index < -0.39 is 0 Å². The lowest BCUT2D eigenvalue weighted by Crippen LogP contribution is -2.24. The van der Waals surface area contributed by atoms with E-state index in [2.05, 4.69) is 27.2 Å². The molecular formula is C14H18N4OS2. The number of aryl methyl sites for hydroxylation is 3. The van der Waals surface area contributed by atoms with E-state index in [1.54, 1.807) is 17.5 Å². The Kier molecular flexibility index (Phi) is 5.69. The molecule has 2 rings (SSSR count). The Morgan fingerprint density at radius 2 is 2.19 bits per heavy atom. The zero-order chi connectivity index (χ0) is 15.2. The van der Waals surface area contributed by atoms with Gasteiger partial charge in [0.25, 0.3) is 0 Å². The summed E-state index contributed by atoms with van der Waals surface area (Å²) in [4.78, 5) is 25.9. The van der Waals surface area contributed by atoms with Crippen molar-refractivity contribution >= 4 is 29.0 Å². The predicted octanol–water partition coefficient (Wildman–Crippen LogP) is 2.52. The quantitative estimate of drug-likeness (QED) is 0.654. The minimum absolute atomic E-state index is 0.0155. The zero-order valence-corrected chi connectivity index (χ0v) is 14.0. The largest absolute Gasteiger partial charge is 0.350 e. The summed E-state index contributed by atoms with van der Waals surface area (Å²) in [6.45, 7) is 6.51. The SMILES string of the molecule is CCc1nc(C)sc1CNC(=O)CSc1nccc(C)n1. The second kappa shape index (κ2) is 7.51. The van der Waals surface area contributed by atoms with Gasteiger partial charge >= 0.3 is 0 Å². The molecule has 0 radical (unpaired) electrons. The Hall–Kier alpha value is -1.47. The highest BCUT2D eigenvalue weighted by Gasteiger charge is 2.09. The molecule has 112 valence electrons. The molecule has 0 saturated heterocycles. The van der Waals surface area contributed by atoms with Crippen molar-refractivity contribution < 1.29 is 4.79 Å². The maximum atomic E-state index is 11.9. The van der Waals surface area contributed by atoms with E-state index in [0.29, 0.717) is 17.5 Å². The molecule has 0 fully saturated rings. The van der Waals surface area contributed by atoms with Crippen LogP contribution in [0.3, 0.4) is 0 Å². The molecule has 0 aliphatic heterocycles. The summed E-state index contributed by atoms with van der Waals surface area (Å²) in [5, 5.41) is 4.60. The average Bonchev–Trinajstić information content (AvgIpc) is 2.83. The third-order valence-corrected chi connectivity index (χ3v) is 4.65. The number of thiazole rings is 1. The third kappa shape index (κ3) is 4.78. The van der Waals surface area contributed by atoms with Gasteiger partial charge in [-0.3, -0.25) is 4.79 Å². The first-order valence-corrected chi connectivity index (χ1v) is 8.53. The van der Waals surface area contributed by atoms with Gasteiger partial charge in [0.2, 0.25) is 5.91 Å². The maximum absolute atomic E-state index is 11.9. The number of amides is 1. The maximum Gasteiger partial charge on any atom is 0.230 e. The van der Waals surface area contributed by atoms with Crippen LogP contribution in [0.1, 0.15) is 28.2 Å². The average molecular weight is 322 g/mol. The van der Waals surface area contributed by atoms with Gasteiger partial charge in [-0.2, -0.15) is 0 Å². The second-order valence-electron chi connectivity index (χ2n) is 4.50. The van der Waals surface area contributed by atoms with E-state index in [-0.39, 0.29) is 5.91 Å². The molecule has 2 aromatic rings. The van der Waals surface area contributed by atoms with Gasteiger partial charge in [0.05, 0.1) is 23.0 Å². The summed E-state index contributed by atoms with van der Waals surface area (Å²) in [7, 11) is 0. The van der Waals surface area contributed by atoms with Crippen LogP contribution in [0.2, 0.25) is 0 Å². The molecule has 1 N–H and O–H groups in total. The monoisotopic (exact) mass is 322 g/mol. The van der Waals surface area contributed by atoms with E-state index in [1.165, 1.54) is 11.8 Å². The molecule has 0 aliphatic carbocycles. The fraction of sp³-hybridized carbons (Fsp3) is 0.429. The molecular weight excluding hydrogens is 304 g/mol. The van der Waals surface area contributed by atoms with Crippen molar-refractivity contribution in [2.45, 2.75) is 38.9 Å². The van der Waals surface area contributed by atoms with Crippen LogP contribution in [0.5, 0.6) is 0 Å². The number of hydrogen-bond donors (Lipinski definition) is 1. The lowest BCUT2D eigenvalue weighted by molar-refractivity contribution is -0.118. The molecule has 0 aliphatic rings. The summed E-state index contributed by atoms with van der Waals surface area (Å²) in [5.41, 5.74) is 1.98. The fourth-order valence-corrected chi connectivity index (χ4v) is 3.45. The highest BCUT2D eigenvalue weighted by Crippen LogP contribution is 2.18. The number of nitrogens with zero attached hydrogens (tertiary/aromatic N) is 3. The number of aromatic nitrogens is 3. The van der Waals surface area contributed by atoms with Crippen molar-refractivity contribution in [3.8, 4) is 0 Å². The molecule has 21 heavy (non-hydrogen) atoms. The zero-order valence-electron chi connectivity index (χ0n) is 12.3. The summed E-state index contributed by atoms with van der Waals surface area (Å²) in [5.74, 6) is 0.307. The van der Waals surface area contributed by atoms with Crippen LogP contribution in [0.15, 0.2) is 17.4 Å². The lowest BCUT2D eigenvalue weighted by atomic mass is 10.3. The Labute approximate surface area is 132 Å². The third-order valence-electron chi connectivity index (χ3n) is 2.77. The van der Waals surface area contributed by atoms with Gasteiger partial charge in [-0.25, -0.2) is 15.0 Å². The summed E-state index contributed by atoms with van der Waals surface area (Å²) < 4.78 is 0. The fourth-order valence-electron chi connectivity index (χ4n) is 1.78. The molecule has 1 amide bonds. The summed E-state index contributed by atoms with van der Waals surface area (Å²) in [6.07, 6.45) is 2.59. The Balaban J connectivity index is 1.82. The van der Waals surface area contributed by atoms with Crippen LogP contribution in [-0.2, 0) is 17.8 Å². The number of carbonyl (C=O) groups is 1. The van der Waals surface area contributed by atoms with E-state index in [9.17, 15) is 4.79 Å². The van der Waals surface area contributed by atoms with Crippen molar-refractivity contribution in [2.75, 3.05) is 5.75 Å². The van der Waals surface area contributed by atoms with E-state index in [1.807, 2.05) is 19.9 Å². The molecule has 2 aromatic heterocycles.